The minimum Gasteiger partial charge on any atom is -0.360 e. The summed E-state index contributed by atoms with van der Waals surface area (Å²) in [6.45, 7) is 12.5. The highest BCUT2D eigenvalue weighted by molar-refractivity contribution is 9.10. The van der Waals surface area contributed by atoms with Gasteiger partial charge < -0.3 is 4.74 Å². The molecule has 0 spiro atoms. The van der Waals surface area contributed by atoms with Crippen LogP contribution in [0.2, 0.25) is 25.7 Å². The van der Waals surface area contributed by atoms with Crippen LogP contribution in [0, 0.1) is 13.8 Å². The summed E-state index contributed by atoms with van der Waals surface area (Å²) in [5.74, 6) is 0. The summed E-state index contributed by atoms with van der Waals surface area (Å²) in [5.41, 5.74) is 4.31. The van der Waals surface area contributed by atoms with Crippen molar-refractivity contribution in [2.24, 2.45) is 0 Å². The smallest absolute Gasteiger partial charge is 0.140 e. The predicted octanol–water partition coefficient (Wildman–Crippen LogP) is 7.05. The number of rotatable bonds is 5. The lowest BCUT2D eigenvalue weighted by Crippen LogP contribution is -2.22. The van der Waals surface area contributed by atoms with Gasteiger partial charge in [0, 0.05) is 40.1 Å². The van der Waals surface area contributed by atoms with Crippen molar-refractivity contribution in [3.05, 3.63) is 56.7 Å². The molecule has 2 aromatic carbocycles. The molecule has 0 saturated carbocycles. The fourth-order valence-corrected chi connectivity index (χ4v) is 4.53. The first-order chi connectivity index (χ1) is 14.1. The van der Waals surface area contributed by atoms with Gasteiger partial charge in [-0.25, -0.2) is 4.68 Å². The first-order valence-corrected chi connectivity index (χ1v) is 15.2. The zero-order valence-corrected chi connectivity index (χ0v) is 22.3. The molecule has 0 fully saturated rings. The van der Waals surface area contributed by atoms with E-state index in [1.54, 1.807) is 0 Å². The van der Waals surface area contributed by atoms with Gasteiger partial charge in [0.15, 0.2) is 0 Å². The molecule has 4 aromatic rings. The molecule has 0 radical (unpaired) electrons. The first kappa shape index (κ1) is 23.2. The van der Waals surface area contributed by atoms with E-state index >= 15 is 0 Å². The zero-order valence-electron chi connectivity index (χ0n) is 18.1. The number of hydrogen-bond donors (Lipinski definition) is 1. The number of H-pyrrole nitrogens is 1. The summed E-state index contributed by atoms with van der Waals surface area (Å²) in [7, 11) is -1.01. The van der Waals surface area contributed by atoms with Gasteiger partial charge in [-0.05, 0) is 56.3 Å². The van der Waals surface area contributed by atoms with Crippen molar-refractivity contribution in [1.29, 1.82) is 0 Å². The number of fused-ring (bicyclic) bond motifs is 2. The molecule has 2 aromatic heterocycles. The van der Waals surface area contributed by atoms with E-state index in [2.05, 4.69) is 85.0 Å². The Morgan fingerprint density at radius 2 is 1.67 bits per heavy atom. The molecule has 0 unspecified atom stereocenters. The highest BCUT2D eigenvalue weighted by Gasteiger charge is 2.13. The Labute approximate surface area is 195 Å². The molecule has 0 bridgehead atoms. The number of hydrogen-bond acceptors (Lipinski definition) is 3. The van der Waals surface area contributed by atoms with Crippen molar-refractivity contribution >= 4 is 61.7 Å². The first-order valence-electron chi connectivity index (χ1n) is 9.95. The Hall–Kier alpha value is -1.48. The molecule has 0 aliphatic carbocycles. The topological polar surface area (TPSA) is 55.7 Å². The Morgan fingerprint density at radius 3 is 2.37 bits per heavy atom. The lowest BCUT2D eigenvalue weighted by atomic mass is 10.2. The largest absolute Gasteiger partial charge is 0.360 e. The average Bonchev–Trinajstić information content (AvgIpc) is 3.19. The second kappa shape index (κ2) is 9.76. The van der Waals surface area contributed by atoms with Crippen molar-refractivity contribution < 1.29 is 4.74 Å². The van der Waals surface area contributed by atoms with Gasteiger partial charge in [0.1, 0.15) is 6.73 Å². The van der Waals surface area contributed by atoms with E-state index in [0.717, 1.165) is 38.0 Å². The number of aromatic amines is 1. The third-order valence-corrected chi connectivity index (χ3v) is 7.50. The molecule has 5 nitrogen and oxygen atoms in total. The van der Waals surface area contributed by atoms with Gasteiger partial charge in [-0.3, -0.25) is 5.10 Å². The molecule has 8 heteroatoms. The number of aryl methyl sites for hydroxylation is 2. The molecule has 0 aliphatic heterocycles. The Bertz CT molecular complexity index is 1150. The minimum absolute atomic E-state index is 0.538. The Kier molecular flexibility index (Phi) is 7.55. The molecule has 160 valence electrons. The average molecular weight is 552 g/mol. The molecule has 30 heavy (non-hydrogen) atoms. The third kappa shape index (κ3) is 6.03. The van der Waals surface area contributed by atoms with Crippen molar-refractivity contribution in [1.82, 2.24) is 20.0 Å². The number of nitrogens with zero attached hydrogens (tertiary/aromatic N) is 3. The summed E-state index contributed by atoms with van der Waals surface area (Å²) in [5, 5.41) is 14.0. The molecule has 2 heterocycles. The van der Waals surface area contributed by atoms with Gasteiger partial charge in [0.25, 0.3) is 0 Å². The van der Waals surface area contributed by atoms with E-state index in [0.29, 0.717) is 6.73 Å². The van der Waals surface area contributed by atoms with Gasteiger partial charge in [-0.1, -0.05) is 51.5 Å². The minimum atomic E-state index is -1.01. The van der Waals surface area contributed by atoms with Gasteiger partial charge in [0.05, 0.1) is 16.7 Å². The highest BCUT2D eigenvalue weighted by atomic mass is 79.9. The standard InChI is InChI=1S/C14H21BrN2OSi.C8H7BrN2/c1-11-13-9-12(15)5-6-14(13)17(16-11)10-18-7-8-19(2,3)4;1-5-7-4-6(9)2-3-8(7)11-10-5/h5-6,9H,7-8,10H2,1-4H3;2-4H,1H3,(H,10,11). The normalized spacial score (nSPS) is 11.7. The fourth-order valence-electron chi connectivity index (χ4n) is 3.05. The zero-order chi connectivity index (χ0) is 21.9. The lowest BCUT2D eigenvalue weighted by molar-refractivity contribution is 0.0815. The van der Waals surface area contributed by atoms with Gasteiger partial charge in [0.2, 0.25) is 0 Å². The van der Waals surface area contributed by atoms with E-state index in [1.807, 2.05) is 36.7 Å². The lowest BCUT2D eigenvalue weighted by Gasteiger charge is -2.15. The molecule has 0 aliphatic rings. The van der Waals surface area contributed by atoms with Crippen molar-refractivity contribution in [3.8, 4) is 0 Å². The van der Waals surface area contributed by atoms with E-state index in [-0.39, 0.29) is 0 Å². The molecular formula is C22H28Br2N4OSi. The summed E-state index contributed by atoms with van der Waals surface area (Å²) in [6, 6.07) is 13.5. The molecule has 0 saturated heterocycles. The van der Waals surface area contributed by atoms with Crippen LogP contribution in [0.5, 0.6) is 0 Å². The highest BCUT2D eigenvalue weighted by Crippen LogP contribution is 2.23. The van der Waals surface area contributed by atoms with E-state index in [9.17, 15) is 0 Å². The van der Waals surface area contributed by atoms with Crippen LogP contribution in [-0.4, -0.2) is 34.7 Å². The quantitative estimate of drug-likeness (QED) is 0.213. The number of halogens is 2. The van der Waals surface area contributed by atoms with Gasteiger partial charge >= 0.3 is 0 Å². The van der Waals surface area contributed by atoms with Crippen LogP contribution < -0.4 is 0 Å². The van der Waals surface area contributed by atoms with Crippen LogP contribution in [0.3, 0.4) is 0 Å². The van der Waals surface area contributed by atoms with E-state index in [1.165, 1.54) is 16.8 Å². The summed E-state index contributed by atoms with van der Waals surface area (Å²) in [4.78, 5) is 0. The summed E-state index contributed by atoms with van der Waals surface area (Å²) < 4.78 is 9.89. The van der Waals surface area contributed by atoms with E-state index in [4.69, 9.17) is 4.74 Å². The Morgan fingerprint density at radius 1 is 1.00 bits per heavy atom. The van der Waals surface area contributed by atoms with Crippen molar-refractivity contribution in [2.45, 2.75) is 46.3 Å². The Balaban J connectivity index is 0.000000196. The molecule has 0 atom stereocenters. The van der Waals surface area contributed by atoms with Crippen LogP contribution in [0.25, 0.3) is 21.8 Å². The fraction of sp³-hybridized carbons (Fsp3) is 0.364. The maximum absolute atomic E-state index is 5.77. The molecule has 0 amide bonds. The second-order valence-corrected chi connectivity index (χ2v) is 16.1. The molecular weight excluding hydrogens is 524 g/mol. The monoisotopic (exact) mass is 550 g/mol. The maximum atomic E-state index is 5.77. The van der Waals surface area contributed by atoms with Crippen LogP contribution >= 0.6 is 31.9 Å². The van der Waals surface area contributed by atoms with Crippen molar-refractivity contribution in [3.63, 3.8) is 0 Å². The number of aromatic nitrogens is 4. The van der Waals surface area contributed by atoms with Crippen LogP contribution in [0.4, 0.5) is 0 Å². The van der Waals surface area contributed by atoms with Crippen molar-refractivity contribution in [2.75, 3.05) is 6.61 Å². The summed E-state index contributed by atoms with van der Waals surface area (Å²) in [6.07, 6.45) is 0. The second-order valence-electron chi connectivity index (χ2n) is 8.60. The van der Waals surface area contributed by atoms with Gasteiger partial charge in [-0.2, -0.15) is 10.2 Å². The summed E-state index contributed by atoms with van der Waals surface area (Å²) >= 11 is 6.91. The number of benzene rings is 2. The van der Waals surface area contributed by atoms with Crippen LogP contribution in [0.15, 0.2) is 45.3 Å². The maximum Gasteiger partial charge on any atom is 0.140 e. The molecule has 1 N–H and O–H groups in total. The number of ether oxygens (including phenoxy) is 1. The molecule has 4 rings (SSSR count). The van der Waals surface area contributed by atoms with Crippen LogP contribution in [0.1, 0.15) is 11.4 Å². The third-order valence-electron chi connectivity index (χ3n) is 4.81. The SMILES string of the molecule is Cc1[nH]nc2ccc(Br)cc12.Cc1nn(COCC[Si](C)(C)C)c2ccc(Br)cc12. The predicted molar refractivity (Wildman–Crippen MR) is 135 cm³/mol. The van der Waals surface area contributed by atoms with Crippen LogP contribution in [-0.2, 0) is 11.5 Å². The van der Waals surface area contributed by atoms with E-state index < -0.39 is 8.07 Å². The van der Waals surface area contributed by atoms with Gasteiger partial charge in [-0.15, -0.1) is 0 Å². The number of nitrogens with one attached hydrogen (secondary N) is 1.